The molecule has 2 heterocycles. The van der Waals surface area contributed by atoms with E-state index in [2.05, 4.69) is 53.3 Å². The lowest BCUT2D eigenvalue weighted by Crippen LogP contribution is -2.31. The molecule has 6 nitrogen and oxygen atoms in total. The van der Waals surface area contributed by atoms with E-state index < -0.39 is 0 Å². The van der Waals surface area contributed by atoms with E-state index in [1.54, 1.807) is 4.68 Å². The number of aryl methyl sites for hydroxylation is 5. The topological polar surface area (TPSA) is 75.6 Å². The second-order valence-corrected chi connectivity index (χ2v) is 7.44. The summed E-state index contributed by atoms with van der Waals surface area (Å²) < 4.78 is 1.80. The summed E-state index contributed by atoms with van der Waals surface area (Å²) in [5, 5.41) is 8.68. The number of aromatic nitrogens is 4. The summed E-state index contributed by atoms with van der Waals surface area (Å²) in [6.45, 7) is 13.1. The fourth-order valence-corrected chi connectivity index (χ4v) is 3.64. The van der Waals surface area contributed by atoms with Gasteiger partial charge in [0, 0.05) is 17.6 Å². The highest BCUT2D eigenvalue weighted by atomic mass is 16.1. The van der Waals surface area contributed by atoms with Crippen LogP contribution < -0.4 is 5.32 Å². The number of benzene rings is 1. The molecule has 0 aliphatic rings. The summed E-state index contributed by atoms with van der Waals surface area (Å²) in [7, 11) is 0. The molecule has 1 aromatic carbocycles. The Morgan fingerprint density at radius 1 is 1.26 bits per heavy atom. The first-order valence-electron chi connectivity index (χ1n) is 9.56. The molecular weight excluding hydrogens is 338 g/mol. The van der Waals surface area contributed by atoms with Gasteiger partial charge in [-0.3, -0.25) is 4.79 Å². The minimum absolute atomic E-state index is 0.0243. The predicted octanol–water partition coefficient (Wildman–Crippen LogP) is 3.51. The van der Waals surface area contributed by atoms with E-state index in [-0.39, 0.29) is 11.8 Å². The van der Waals surface area contributed by atoms with Gasteiger partial charge < -0.3 is 10.3 Å². The molecule has 1 amide bonds. The highest BCUT2D eigenvalue weighted by Crippen LogP contribution is 2.26. The van der Waals surface area contributed by atoms with E-state index >= 15 is 0 Å². The van der Waals surface area contributed by atoms with Crippen molar-refractivity contribution in [2.75, 3.05) is 0 Å². The van der Waals surface area contributed by atoms with E-state index in [0.29, 0.717) is 13.1 Å². The van der Waals surface area contributed by atoms with Gasteiger partial charge in [0.25, 0.3) is 0 Å². The lowest BCUT2D eigenvalue weighted by molar-refractivity contribution is -0.125. The van der Waals surface area contributed by atoms with Crippen LogP contribution in [-0.2, 0) is 24.3 Å². The van der Waals surface area contributed by atoms with Crippen LogP contribution in [0.2, 0.25) is 0 Å². The molecule has 1 unspecified atom stereocenters. The summed E-state index contributed by atoms with van der Waals surface area (Å²) in [6, 6.07) is 4.36. The van der Waals surface area contributed by atoms with Crippen LogP contribution in [0.15, 0.2) is 12.1 Å². The van der Waals surface area contributed by atoms with Crippen molar-refractivity contribution in [2.45, 2.75) is 61.1 Å². The largest absolute Gasteiger partial charge is 0.358 e. The van der Waals surface area contributed by atoms with Crippen LogP contribution in [0.3, 0.4) is 0 Å². The number of carbonyl (C=O) groups is 1. The molecular formula is C21H29N5O. The van der Waals surface area contributed by atoms with Gasteiger partial charge in [-0.25, -0.2) is 9.67 Å². The highest BCUT2D eigenvalue weighted by molar-refractivity contribution is 5.88. The number of hydrogen-bond donors (Lipinski definition) is 2. The van der Waals surface area contributed by atoms with Gasteiger partial charge in [-0.15, -0.1) is 0 Å². The molecule has 3 aromatic rings. The third-order valence-corrected chi connectivity index (χ3v) is 5.16. The van der Waals surface area contributed by atoms with E-state index in [0.717, 1.165) is 29.1 Å². The van der Waals surface area contributed by atoms with Crippen LogP contribution in [-0.4, -0.2) is 25.7 Å². The second-order valence-electron chi connectivity index (χ2n) is 7.44. The molecule has 27 heavy (non-hydrogen) atoms. The van der Waals surface area contributed by atoms with Gasteiger partial charge in [0.2, 0.25) is 5.91 Å². The summed E-state index contributed by atoms with van der Waals surface area (Å²) in [5.74, 6) is 1.41. The Hall–Kier alpha value is -2.63. The van der Waals surface area contributed by atoms with Gasteiger partial charge in [-0.2, -0.15) is 5.10 Å². The van der Waals surface area contributed by atoms with Crippen molar-refractivity contribution in [3.8, 4) is 0 Å². The van der Waals surface area contributed by atoms with E-state index in [4.69, 9.17) is 0 Å². The van der Waals surface area contributed by atoms with E-state index in [1.807, 2.05) is 20.8 Å². The predicted molar refractivity (Wildman–Crippen MR) is 108 cm³/mol. The molecule has 0 radical (unpaired) electrons. The van der Waals surface area contributed by atoms with Crippen LogP contribution in [0, 0.1) is 33.6 Å². The number of aromatic amines is 1. The van der Waals surface area contributed by atoms with Crippen molar-refractivity contribution in [1.29, 1.82) is 0 Å². The maximum absolute atomic E-state index is 12.6. The summed E-state index contributed by atoms with van der Waals surface area (Å²) in [5.41, 5.74) is 6.02. The zero-order chi connectivity index (χ0) is 19.7. The molecule has 0 aliphatic carbocycles. The summed E-state index contributed by atoms with van der Waals surface area (Å²) in [4.78, 5) is 20.4. The molecule has 0 fully saturated rings. The van der Waals surface area contributed by atoms with Crippen molar-refractivity contribution < 1.29 is 4.79 Å². The number of carbonyl (C=O) groups excluding carboxylic acids is 1. The van der Waals surface area contributed by atoms with Gasteiger partial charge in [-0.05, 0) is 51.3 Å². The number of rotatable bonds is 6. The van der Waals surface area contributed by atoms with Crippen LogP contribution in [0.1, 0.15) is 47.9 Å². The van der Waals surface area contributed by atoms with Gasteiger partial charge in [0.1, 0.15) is 11.6 Å². The average molecular weight is 367 g/mol. The molecule has 2 aromatic heterocycles. The first kappa shape index (κ1) is 19.1. The number of H-pyrrole nitrogens is 1. The molecule has 1 atom stereocenters. The molecule has 0 aliphatic heterocycles. The minimum atomic E-state index is -0.179. The summed E-state index contributed by atoms with van der Waals surface area (Å²) >= 11 is 0. The minimum Gasteiger partial charge on any atom is -0.358 e. The van der Waals surface area contributed by atoms with E-state index in [1.165, 1.54) is 22.2 Å². The molecule has 0 saturated heterocycles. The van der Waals surface area contributed by atoms with Crippen molar-refractivity contribution >= 4 is 16.8 Å². The van der Waals surface area contributed by atoms with Gasteiger partial charge in [-0.1, -0.05) is 25.5 Å². The maximum atomic E-state index is 12.6. The Labute approximate surface area is 160 Å². The average Bonchev–Trinajstić information content (AvgIpc) is 3.11. The zero-order valence-electron chi connectivity index (χ0n) is 17.1. The molecule has 3 rings (SSSR count). The number of nitrogens with one attached hydrogen (secondary N) is 2. The Morgan fingerprint density at radius 3 is 2.63 bits per heavy atom. The van der Waals surface area contributed by atoms with Crippen molar-refractivity contribution in [1.82, 2.24) is 25.1 Å². The molecule has 6 heteroatoms. The Bertz CT molecular complexity index is 982. The van der Waals surface area contributed by atoms with Crippen molar-refractivity contribution in [3.63, 3.8) is 0 Å². The van der Waals surface area contributed by atoms with Crippen molar-refractivity contribution in [2.24, 2.45) is 5.92 Å². The molecule has 0 spiro atoms. The first-order chi connectivity index (χ1) is 12.8. The van der Waals surface area contributed by atoms with E-state index in [9.17, 15) is 4.79 Å². The molecule has 2 N–H and O–H groups in total. The standard InChI is InChI=1S/C21H29N5O/c1-7-19-14(4)18-9-12(2)8-17(20(18)24-19)10-22-21(27)13(3)11-26-16(6)23-15(5)25-26/h8-9,13,24H,7,10-11H2,1-6H3,(H,22,27). The van der Waals surface area contributed by atoms with Crippen LogP contribution in [0.4, 0.5) is 0 Å². The fraction of sp³-hybridized carbons (Fsp3) is 0.476. The Morgan fingerprint density at radius 2 is 2.00 bits per heavy atom. The third kappa shape index (κ3) is 3.89. The SMILES string of the molecule is CCc1[nH]c2c(CNC(=O)C(C)Cn3nc(C)nc3C)cc(C)cc2c1C. The molecule has 144 valence electrons. The smallest absolute Gasteiger partial charge is 0.224 e. The van der Waals surface area contributed by atoms with Crippen LogP contribution in [0.5, 0.6) is 0 Å². The lowest BCUT2D eigenvalue weighted by Gasteiger charge is -2.14. The fourth-order valence-electron chi connectivity index (χ4n) is 3.64. The van der Waals surface area contributed by atoms with Gasteiger partial charge >= 0.3 is 0 Å². The number of amides is 1. The van der Waals surface area contributed by atoms with Gasteiger partial charge in [0.15, 0.2) is 0 Å². The number of fused-ring (bicyclic) bond motifs is 1. The van der Waals surface area contributed by atoms with Crippen molar-refractivity contribution in [3.05, 3.63) is 46.2 Å². The third-order valence-electron chi connectivity index (χ3n) is 5.16. The maximum Gasteiger partial charge on any atom is 0.224 e. The monoisotopic (exact) mass is 367 g/mol. The lowest BCUT2D eigenvalue weighted by atomic mass is 10.0. The molecule has 0 bridgehead atoms. The van der Waals surface area contributed by atoms with Gasteiger partial charge in [0.05, 0.1) is 18.0 Å². The number of hydrogen-bond acceptors (Lipinski definition) is 3. The normalized spacial score (nSPS) is 12.5. The molecule has 0 saturated carbocycles. The second kappa shape index (κ2) is 7.55. The highest BCUT2D eigenvalue weighted by Gasteiger charge is 2.17. The van der Waals surface area contributed by atoms with Crippen LogP contribution in [0.25, 0.3) is 10.9 Å². The summed E-state index contributed by atoms with van der Waals surface area (Å²) in [6.07, 6.45) is 0.971. The Balaban J connectivity index is 1.74. The Kier molecular flexibility index (Phi) is 5.35. The zero-order valence-corrected chi connectivity index (χ0v) is 17.1. The number of nitrogens with zero attached hydrogens (tertiary/aromatic N) is 3. The van der Waals surface area contributed by atoms with Crippen LogP contribution >= 0.6 is 0 Å². The first-order valence-corrected chi connectivity index (χ1v) is 9.56. The quantitative estimate of drug-likeness (QED) is 0.700.